The molecule has 8 nitrogen and oxygen atoms in total. The summed E-state index contributed by atoms with van der Waals surface area (Å²) in [6.45, 7) is 2.22. The molecule has 3 heterocycles. The molecule has 2 aliphatic heterocycles. The van der Waals surface area contributed by atoms with Gasteiger partial charge in [-0.15, -0.1) is 13.2 Å². The lowest BCUT2D eigenvalue weighted by molar-refractivity contribution is -0.274. The van der Waals surface area contributed by atoms with E-state index in [2.05, 4.69) is 38.3 Å². The summed E-state index contributed by atoms with van der Waals surface area (Å²) in [5, 5.41) is 14.0. The van der Waals surface area contributed by atoms with Crippen molar-refractivity contribution in [2.75, 3.05) is 31.5 Å². The van der Waals surface area contributed by atoms with E-state index in [4.69, 9.17) is 0 Å². The van der Waals surface area contributed by atoms with Crippen molar-refractivity contribution in [2.45, 2.75) is 44.0 Å². The number of rotatable bonds is 6. The van der Waals surface area contributed by atoms with Crippen molar-refractivity contribution in [3.05, 3.63) is 60.3 Å². The summed E-state index contributed by atoms with van der Waals surface area (Å²) < 4.78 is 40.9. The highest BCUT2D eigenvalue weighted by molar-refractivity contribution is 5.89. The molecular formula is C28H31F3N4O4. The van der Waals surface area contributed by atoms with Crippen LogP contribution in [0.2, 0.25) is 0 Å². The van der Waals surface area contributed by atoms with E-state index in [1.807, 2.05) is 12.1 Å². The predicted molar refractivity (Wildman–Crippen MR) is 140 cm³/mol. The molecule has 2 amide bonds. The van der Waals surface area contributed by atoms with Gasteiger partial charge in [-0.1, -0.05) is 18.2 Å². The third-order valence-electron chi connectivity index (χ3n) is 7.85. The van der Waals surface area contributed by atoms with Crippen molar-refractivity contribution in [1.82, 2.24) is 14.8 Å². The molecule has 5 rings (SSSR count). The van der Waals surface area contributed by atoms with E-state index in [0.29, 0.717) is 50.6 Å². The Bertz CT molecular complexity index is 1290. The van der Waals surface area contributed by atoms with Gasteiger partial charge in [-0.05, 0) is 86.5 Å². The molecule has 1 unspecified atom stereocenters. The fourth-order valence-corrected chi connectivity index (χ4v) is 5.94. The maximum atomic E-state index is 12.7. The second kappa shape index (κ2) is 11.2. The number of hydrogen-bond acceptors (Lipinski definition) is 4. The number of alkyl halides is 3. The number of nitrogens with one attached hydrogen (secondary N) is 2. The highest BCUT2D eigenvalue weighted by Crippen LogP contribution is 2.35. The first-order valence-electron chi connectivity index (χ1n) is 13.1. The number of halogens is 3. The number of hydrogen-bond donors (Lipinski definition) is 3. The van der Waals surface area contributed by atoms with Crippen LogP contribution in [0.4, 0.5) is 23.7 Å². The van der Waals surface area contributed by atoms with Gasteiger partial charge in [-0.3, -0.25) is 9.69 Å². The monoisotopic (exact) mass is 544 g/mol. The lowest BCUT2D eigenvalue weighted by atomic mass is 9.84. The number of amides is 2. The molecule has 0 radical (unpaired) electrons. The lowest BCUT2D eigenvalue weighted by Crippen LogP contribution is -2.52. The Hall–Kier alpha value is -3.73. The van der Waals surface area contributed by atoms with Gasteiger partial charge in [0, 0.05) is 35.9 Å². The zero-order valence-electron chi connectivity index (χ0n) is 21.3. The number of piperidine rings is 2. The van der Waals surface area contributed by atoms with Crippen LogP contribution < -0.4 is 10.1 Å². The Labute approximate surface area is 223 Å². The zero-order valence-corrected chi connectivity index (χ0v) is 21.3. The minimum Gasteiger partial charge on any atom is -0.480 e. The molecule has 0 saturated carbocycles. The molecular weight excluding hydrogens is 513 g/mol. The van der Waals surface area contributed by atoms with Crippen LogP contribution in [0.1, 0.15) is 37.2 Å². The number of fused-ring (bicyclic) bond motifs is 1. The third kappa shape index (κ3) is 6.30. The van der Waals surface area contributed by atoms with Gasteiger partial charge in [-0.25, -0.2) is 4.79 Å². The third-order valence-corrected chi connectivity index (χ3v) is 7.85. The van der Waals surface area contributed by atoms with Crippen LogP contribution in [0.25, 0.3) is 10.9 Å². The van der Waals surface area contributed by atoms with E-state index in [1.54, 1.807) is 4.90 Å². The number of ether oxygens (including phenoxy) is 1. The van der Waals surface area contributed by atoms with Crippen LogP contribution in [0.15, 0.2) is 54.7 Å². The number of aromatic amines is 1. The largest absolute Gasteiger partial charge is 0.573 e. The van der Waals surface area contributed by atoms with Gasteiger partial charge in [-0.2, -0.15) is 0 Å². The number of nitrogens with zero attached hydrogens (tertiary/aromatic N) is 2. The Morgan fingerprint density at radius 1 is 0.974 bits per heavy atom. The fourth-order valence-electron chi connectivity index (χ4n) is 5.94. The Kier molecular flexibility index (Phi) is 7.69. The van der Waals surface area contributed by atoms with Gasteiger partial charge in [0.15, 0.2) is 0 Å². The number of carboxylic acid groups (broad SMARTS) is 1. The maximum Gasteiger partial charge on any atom is 0.573 e. The Morgan fingerprint density at radius 3 is 2.28 bits per heavy atom. The van der Waals surface area contributed by atoms with E-state index in [0.717, 1.165) is 30.5 Å². The minimum absolute atomic E-state index is 0.0741. The number of urea groups is 1. The second-order valence-electron chi connectivity index (χ2n) is 10.2. The summed E-state index contributed by atoms with van der Waals surface area (Å²) in [5.74, 6) is -0.891. The molecule has 0 aliphatic carbocycles. The molecule has 2 aromatic carbocycles. The number of para-hydroxylation sites is 1. The number of carbonyl (C=O) groups is 2. The summed E-state index contributed by atoms with van der Waals surface area (Å²) in [5.41, 5.74) is 2.75. The first kappa shape index (κ1) is 26.9. The summed E-state index contributed by atoms with van der Waals surface area (Å²) in [6.07, 6.45) is 0.191. The number of aliphatic carboxylic acids is 1. The number of anilines is 1. The minimum atomic E-state index is -4.78. The zero-order chi connectivity index (χ0) is 27.6. The van der Waals surface area contributed by atoms with Crippen molar-refractivity contribution >= 4 is 28.6 Å². The SMILES string of the molecule is O=C(O)C(C1CCN(C(=O)Nc2ccc(OC(F)(F)F)cc2)CC1)N1CCC(c2c[nH]c3ccccc23)CC1. The van der Waals surface area contributed by atoms with Crippen molar-refractivity contribution < 1.29 is 32.6 Å². The maximum absolute atomic E-state index is 12.7. The normalized spacial score (nSPS) is 18.7. The van der Waals surface area contributed by atoms with Crippen molar-refractivity contribution in [3.63, 3.8) is 0 Å². The van der Waals surface area contributed by atoms with E-state index in [9.17, 15) is 27.9 Å². The number of aromatic nitrogens is 1. The molecule has 2 aliphatic rings. The number of H-pyrrole nitrogens is 1. The van der Waals surface area contributed by atoms with Crippen LogP contribution >= 0.6 is 0 Å². The molecule has 0 bridgehead atoms. The van der Waals surface area contributed by atoms with Gasteiger partial charge in [0.1, 0.15) is 11.8 Å². The molecule has 2 saturated heterocycles. The highest BCUT2D eigenvalue weighted by atomic mass is 19.4. The average Bonchev–Trinajstić information content (AvgIpc) is 3.34. The predicted octanol–water partition coefficient (Wildman–Crippen LogP) is 5.64. The summed E-state index contributed by atoms with van der Waals surface area (Å²) in [6, 6.07) is 12.2. The fraction of sp³-hybridized carbons (Fsp3) is 0.429. The molecule has 3 N–H and O–H groups in total. The van der Waals surface area contributed by atoms with Gasteiger partial charge >= 0.3 is 18.4 Å². The summed E-state index contributed by atoms with van der Waals surface area (Å²) in [7, 11) is 0. The number of carboxylic acids is 1. The van der Waals surface area contributed by atoms with Crippen LogP contribution in [-0.4, -0.2) is 70.5 Å². The van der Waals surface area contributed by atoms with Crippen LogP contribution in [0.3, 0.4) is 0 Å². The average molecular weight is 545 g/mol. The van der Waals surface area contributed by atoms with E-state index in [1.165, 1.54) is 23.1 Å². The first-order valence-corrected chi connectivity index (χ1v) is 13.1. The quantitative estimate of drug-likeness (QED) is 0.373. The topological polar surface area (TPSA) is 97.9 Å². The second-order valence-corrected chi connectivity index (χ2v) is 10.2. The van der Waals surface area contributed by atoms with E-state index < -0.39 is 18.4 Å². The van der Waals surface area contributed by atoms with Gasteiger partial charge in [0.2, 0.25) is 0 Å². The molecule has 2 fully saturated rings. The number of likely N-dealkylation sites (tertiary alicyclic amines) is 2. The van der Waals surface area contributed by atoms with Crippen LogP contribution in [-0.2, 0) is 4.79 Å². The number of carbonyl (C=O) groups excluding carboxylic acids is 1. The lowest BCUT2D eigenvalue weighted by Gasteiger charge is -2.41. The van der Waals surface area contributed by atoms with E-state index >= 15 is 0 Å². The van der Waals surface area contributed by atoms with Crippen molar-refractivity contribution in [2.24, 2.45) is 5.92 Å². The standard InChI is InChI=1S/C28H31F3N4O4/c29-28(30,31)39-21-7-5-20(6-8-21)33-27(38)35-15-11-19(12-16-35)25(26(36)37)34-13-9-18(10-14-34)23-17-32-24-4-2-1-3-22(23)24/h1-8,17-19,25,32H,9-16H2,(H,33,38)(H,36,37). The molecule has 0 spiro atoms. The molecule has 11 heteroatoms. The molecule has 1 atom stereocenters. The molecule has 208 valence electrons. The molecule has 3 aromatic rings. The Balaban J connectivity index is 1.13. The van der Waals surface area contributed by atoms with E-state index in [-0.39, 0.29) is 17.7 Å². The van der Waals surface area contributed by atoms with Gasteiger partial charge < -0.3 is 25.0 Å². The van der Waals surface area contributed by atoms with Crippen molar-refractivity contribution in [1.29, 1.82) is 0 Å². The molecule has 1 aromatic heterocycles. The van der Waals surface area contributed by atoms with Crippen LogP contribution in [0.5, 0.6) is 5.75 Å². The number of benzene rings is 2. The first-order chi connectivity index (χ1) is 18.7. The van der Waals surface area contributed by atoms with Gasteiger partial charge in [0.25, 0.3) is 0 Å². The van der Waals surface area contributed by atoms with Crippen LogP contribution in [0, 0.1) is 5.92 Å². The van der Waals surface area contributed by atoms with Crippen molar-refractivity contribution in [3.8, 4) is 5.75 Å². The summed E-state index contributed by atoms with van der Waals surface area (Å²) >= 11 is 0. The Morgan fingerprint density at radius 2 is 1.64 bits per heavy atom. The summed E-state index contributed by atoms with van der Waals surface area (Å²) in [4.78, 5) is 32.1. The molecule has 39 heavy (non-hydrogen) atoms. The highest BCUT2D eigenvalue weighted by Gasteiger charge is 2.38. The van der Waals surface area contributed by atoms with Gasteiger partial charge in [0.05, 0.1) is 0 Å². The smallest absolute Gasteiger partial charge is 0.480 e.